The van der Waals surface area contributed by atoms with Gasteiger partial charge in [0, 0.05) is 11.6 Å². The first-order chi connectivity index (χ1) is 11.4. The Hall–Kier alpha value is -1.41. The van der Waals surface area contributed by atoms with Gasteiger partial charge in [-0.3, -0.25) is 4.79 Å². The van der Waals surface area contributed by atoms with Crippen molar-refractivity contribution in [3.05, 3.63) is 52.4 Å². The fraction of sp³-hybridized carbons (Fsp3) is 0.312. The Balaban J connectivity index is 1.85. The normalized spacial score (nSPS) is 12.9. The molecule has 1 unspecified atom stereocenters. The second-order valence-corrected chi connectivity index (χ2v) is 8.83. The lowest BCUT2D eigenvalue weighted by Crippen LogP contribution is -2.31. The fourth-order valence-electron chi connectivity index (χ4n) is 2.15. The average Bonchev–Trinajstić information content (AvgIpc) is 3.05. The molecule has 0 amide bonds. The van der Waals surface area contributed by atoms with Crippen molar-refractivity contribution < 1.29 is 23.1 Å². The summed E-state index contributed by atoms with van der Waals surface area (Å²) in [5.41, 5.74) is 1.00. The van der Waals surface area contributed by atoms with Crippen LogP contribution in [0.15, 0.2) is 46.0 Å². The topological polar surface area (TPSA) is 80.7 Å². The van der Waals surface area contributed by atoms with Crippen molar-refractivity contribution in [3.63, 3.8) is 0 Å². The molecule has 1 atom stereocenters. The summed E-state index contributed by atoms with van der Waals surface area (Å²) >= 11 is 6.90. The van der Waals surface area contributed by atoms with Gasteiger partial charge in [0.15, 0.2) is 5.25 Å². The Morgan fingerprint density at radius 3 is 2.67 bits per heavy atom. The largest absolute Gasteiger partial charge is 0.480 e. The number of aliphatic carboxylic acids is 1. The van der Waals surface area contributed by atoms with Crippen LogP contribution in [0.4, 0.5) is 0 Å². The maximum atomic E-state index is 12.3. The molecule has 5 nitrogen and oxygen atoms in total. The van der Waals surface area contributed by atoms with Gasteiger partial charge in [0.25, 0.3) is 0 Å². The Morgan fingerprint density at radius 1 is 1.25 bits per heavy atom. The average molecular weight is 389 g/mol. The molecule has 0 saturated heterocycles. The molecule has 1 N–H and O–H groups in total. The first-order valence-electron chi connectivity index (χ1n) is 7.23. The van der Waals surface area contributed by atoms with Crippen molar-refractivity contribution in [3.8, 4) is 0 Å². The van der Waals surface area contributed by atoms with E-state index in [1.165, 1.54) is 6.07 Å². The molecule has 0 saturated carbocycles. The molecule has 130 valence electrons. The van der Waals surface area contributed by atoms with Crippen LogP contribution in [0.2, 0.25) is 5.02 Å². The van der Waals surface area contributed by atoms with E-state index in [0.29, 0.717) is 18.1 Å². The summed E-state index contributed by atoms with van der Waals surface area (Å²) in [6, 6.07) is 10.3. The molecule has 2 aromatic rings. The quantitative estimate of drug-likeness (QED) is 0.667. The highest BCUT2D eigenvalue weighted by Gasteiger charge is 2.34. The summed E-state index contributed by atoms with van der Waals surface area (Å²) in [5.74, 6) is -1.36. The van der Waals surface area contributed by atoms with Crippen LogP contribution < -0.4 is 0 Å². The van der Waals surface area contributed by atoms with E-state index in [9.17, 15) is 18.3 Å². The summed E-state index contributed by atoms with van der Waals surface area (Å²) in [4.78, 5) is 11.3. The summed E-state index contributed by atoms with van der Waals surface area (Å²) in [5, 5.41) is 9.97. The second-order valence-electron chi connectivity index (χ2n) is 5.08. The van der Waals surface area contributed by atoms with Gasteiger partial charge in [-0.2, -0.15) is 0 Å². The number of rotatable bonds is 9. The zero-order valence-corrected chi connectivity index (χ0v) is 15.1. The van der Waals surface area contributed by atoms with Crippen LogP contribution in [0.3, 0.4) is 0 Å². The number of hydrogen-bond donors (Lipinski definition) is 1. The van der Waals surface area contributed by atoms with Crippen LogP contribution in [0.25, 0.3) is 0 Å². The predicted molar refractivity (Wildman–Crippen MR) is 93.5 cm³/mol. The van der Waals surface area contributed by atoms with Crippen molar-refractivity contribution in [2.75, 3.05) is 13.2 Å². The highest BCUT2D eigenvalue weighted by atomic mass is 35.5. The maximum absolute atomic E-state index is 12.3. The van der Waals surface area contributed by atoms with E-state index >= 15 is 0 Å². The zero-order chi connectivity index (χ0) is 17.6. The van der Waals surface area contributed by atoms with Crippen LogP contribution in [0.5, 0.6) is 0 Å². The van der Waals surface area contributed by atoms with Gasteiger partial charge in [-0.15, -0.1) is 11.3 Å². The molecule has 24 heavy (non-hydrogen) atoms. The number of hydrogen-bond acceptors (Lipinski definition) is 5. The predicted octanol–water partition coefficient (Wildman–Crippen LogP) is 3.28. The number of sulfone groups is 1. The molecule has 1 heterocycles. The first kappa shape index (κ1) is 18.9. The van der Waals surface area contributed by atoms with Crippen LogP contribution >= 0.6 is 22.9 Å². The van der Waals surface area contributed by atoms with Gasteiger partial charge in [-0.25, -0.2) is 8.42 Å². The van der Waals surface area contributed by atoms with Crippen LogP contribution in [-0.4, -0.2) is 38.0 Å². The molecular weight excluding hydrogens is 372 g/mol. The van der Waals surface area contributed by atoms with E-state index in [-0.39, 0.29) is 17.2 Å². The van der Waals surface area contributed by atoms with Crippen LogP contribution in [0.1, 0.15) is 12.0 Å². The SMILES string of the molecule is O=C(O)C(CCOCCc1cccc(Cl)c1)S(=O)(=O)c1cccs1. The molecule has 0 spiro atoms. The maximum Gasteiger partial charge on any atom is 0.322 e. The summed E-state index contributed by atoms with van der Waals surface area (Å²) in [6.45, 7) is 0.424. The van der Waals surface area contributed by atoms with Crippen molar-refractivity contribution in [2.45, 2.75) is 22.3 Å². The lowest BCUT2D eigenvalue weighted by Gasteiger charge is -2.12. The first-order valence-corrected chi connectivity index (χ1v) is 10.0. The highest BCUT2D eigenvalue weighted by molar-refractivity contribution is 7.94. The Labute approximate surface area is 149 Å². The standard InChI is InChI=1S/C16H17ClO5S2/c17-13-4-1-3-12(11-13)6-8-22-9-7-14(16(18)19)24(20,21)15-5-2-10-23-15/h1-5,10-11,14H,6-9H2,(H,18,19). The summed E-state index contributed by atoms with van der Waals surface area (Å²) in [6.07, 6.45) is 0.529. The number of carboxylic acid groups (broad SMARTS) is 1. The smallest absolute Gasteiger partial charge is 0.322 e. The van der Waals surface area contributed by atoms with Gasteiger partial charge < -0.3 is 9.84 Å². The minimum absolute atomic E-state index is 0.0577. The van der Waals surface area contributed by atoms with Crippen molar-refractivity contribution in [2.24, 2.45) is 0 Å². The number of benzene rings is 1. The lowest BCUT2D eigenvalue weighted by molar-refractivity contribution is -0.136. The molecule has 1 aromatic heterocycles. The van der Waals surface area contributed by atoms with Crippen LogP contribution in [-0.2, 0) is 25.8 Å². The second kappa shape index (κ2) is 8.62. The van der Waals surface area contributed by atoms with Crippen LogP contribution in [0, 0.1) is 0 Å². The van der Waals surface area contributed by atoms with E-state index in [1.54, 1.807) is 17.5 Å². The van der Waals surface area contributed by atoms with E-state index in [1.807, 2.05) is 18.2 Å². The monoisotopic (exact) mass is 388 g/mol. The minimum Gasteiger partial charge on any atom is -0.480 e. The zero-order valence-electron chi connectivity index (χ0n) is 12.7. The molecule has 0 fully saturated rings. The fourth-order valence-corrected chi connectivity index (χ4v) is 5.09. The Morgan fingerprint density at radius 2 is 2.04 bits per heavy atom. The molecule has 2 rings (SSSR count). The van der Waals surface area contributed by atoms with Gasteiger partial charge in [-0.1, -0.05) is 29.8 Å². The molecular formula is C16H17ClO5S2. The number of ether oxygens (including phenoxy) is 1. The van der Waals surface area contributed by atoms with E-state index in [0.717, 1.165) is 16.9 Å². The van der Waals surface area contributed by atoms with Gasteiger partial charge in [0.2, 0.25) is 9.84 Å². The number of halogens is 1. The summed E-state index contributed by atoms with van der Waals surface area (Å²) in [7, 11) is -3.88. The minimum atomic E-state index is -3.88. The Bertz CT molecular complexity index is 772. The number of carboxylic acids is 1. The number of thiophene rings is 1. The van der Waals surface area contributed by atoms with E-state index in [2.05, 4.69) is 0 Å². The van der Waals surface area contributed by atoms with Crippen molar-refractivity contribution in [1.29, 1.82) is 0 Å². The molecule has 0 aliphatic rings. The lowest BCUT2D eigenvalue weighted by atomic mass is 10.2. The number of carbonyl (C=O) groups is 1. The molecule has 0 aliphatic carbocycles. The molecule has 0 aliphatic heterocycles. The highest BCUT2D eigenvalue weighted by Crippen LogP contribution is 2.23. The third-order valence-corrected chi connectivity index (χ3v) is 7.14. The van der Waals surface area contributed by atoms with E-state index in [4.69, 9.17) is 16.3 Å². The van der Waals surface area contributed by atoms with Gasteiger partial charge in [0.05, 0.1) is 6.61 Å². The molecule has 0 bridgehead atoms. The van der Waals surface area contributed by atoms with Gasteiger partial charge >= 0.3 is 5.97 Å². The third kappa shape index (κ3) is 5.04. The van der Waals surface area contributed by atoms with E-state index < -0.39 is 21.1 Å². The Kier molecular flexibility index (Phi) is 6.79. The van der Waals surface area contributed by atoms with Gasteiger partial charge in [0.1, 0.15) is 4.21 Å². The third-order valence-electron chi connectivity index (χ3n) is 3.37. The van der Waals surface area contributed by atoms with Crippen molar-refractivity contribution in [1.82, 2.24) is 0 Å². The van der Waals surface area contributed by atoms with Crippen molar-refractivity contribution >= 4 is 38.7 Å². The molecule has 1 aromatic carbocycles. The van der Waals surface area contributed by atoms with Gasteiger partial charge in [-0.05, 0) is 42.0 Å². The molecule has 0 radical (unpaired) electrons. The summed E-state index contributed by atoms with van der Waals surface area (Å²) < 4.78 is 30.1. The molecule has 8 heteroatoms.